The third-order valence-corrected chi connectivity index (χ3v) is 4.52. The van der Waals surface area contributed by atoms with Gasteiger partial charge < -0.3 is 14.8 Å². The Kier molecular flexibility index (Phi) is 2.71. The lowest BCUT2D eigenvalue weighted by molar-refractivity contribution is -0.379. The van der Waals surface area contributed by atoms with Crippen molar-refractivity contribution in [3.05, 3.63) is 12.2 Å². The first-order valence-electron chi connectivity index (χ1n) is 7.23. The summed E-state index contributed by atoms with van der Waals surface area (Å²) in [5.74, 6) is -1.94. The normalized spacial score (nSPS) is 40.2. The quantitative estimate of drug-likeness (QED) is 0.720. The highest BCUT2D eigenvalue weighted by molar-refractivity contribution is 6.14. The second-order valence-electron chi connectivity index (χ2n) is 6.15. The molecule has 0 aromatic rings. The van der Waals surface area contributed by atoms with Gasteiger partial charge in [-0.3, -0.25) is 19.3 Å². The molecule has 0 aromatic heterocycles. The largest absolute Gasteiger partial charge is 0.329 e. The summed E-state index contributed by atoms with van der Waals surface area (Å²) in [6.07, 6.45) is 6.13. The van der Waals surface area contributed by atoms with Crippen LogP contribution in [-0.4, -0.2) is 47.3 Å². The molecule has 0 unspecified atom stereocenters. The summed E-state index contributed by atoms with van der Waals surface area (Å²) >= 11 is 0. The summed E-state index contributed by atoms with van der Waals surface area (Å²) in [4.78, 5) is 35.9. The van der Waals surface area contributed by atoms with Crippen LogP contribution in [0.1, 0.15) is 25.7 Å². The molecule has 4 fully saturated rings. The average molecular weight is 292 g/mol. The van der Waals surface area contributed by atoms with Crippen molar-refractivity contribution >= 4 is 17.7 Å². The minimum absolute atomic E-state index is 0.133. The predicted octanol–water partition coefficient (Wildman–Crippen LogP) is -0.331. The molecule has 4 heterocycles. The molecular weight excluding hydrogens is 276 g/mol. The predicted molar refractivity (Wildman–Crippen MR) is 68.4 cm³/mol. The van der Waals surface area contributed by atoms with Crippen molar-refractivity contribution in [1.29, 1.82) is 0 Å². The van der Waals surface area contributed by atoms with Gasteiger partial charge in [0.05, 0.1) is 12.2 Å². The smallest absolute Gasteiger partial charge is 0.254 e. The van der Waals surface area contributed by atoms with E-state index in [-0.39, 0.29) is 18.8 Å². The number of amides is 3. The van der Waals surface area contributed by atoms with Gasteiger partial charge in [0.25, 0.3) is 17.7 Å². The second kappa shape index (κ2) is 4.38. The van der Waals surface area contributed by atoms with Gasteiger partial charge in [-0.25, -0.2) is 0 Å². The van der Waals surface area contributed by atoms with Gasteiger partial charge in [0.2, 0.25) is 5.91 Å². The molecule has 4 atom stereocenters. The standard InChI is InChI=1S/C14H16N2O5/c17-11(7-16-12(18)1-2-13(16)19)15-14-6-8-3-9(20-14)5-10(4-8)21-14/h1-2,8-10H,3-7H2,(H,15,17)/t8-,9+,10-,14-. The van der Waals surface area contributed by atoms with Gasteiger partial charge in [-0.15, -0.1) is 0 Å². The van der Waals surface area contributed by atoms with Crippen LogP contribution in [0.15, 0.2) is 12.2 Å². The maximum atomic E-state index is 12.1. The van der Waals surface area contributed by atoms with Gasteiger partial charge in [-0.2, -0.15) is 0 Å². The summed E-state index contributed by atoms with van der Waals surface area (Å²) in [6, 6.07) is 0. The highest BCUT2D eigenvalue weighted by Gasteiger charge is 2.54. The molecule has 4 aliphatic heterocycles. The Morgan fingerprint density at radius 1 is 1.19 bits per heavy atom. The number of hydrogen-bond acceptors (Lipinski definition) is 5. The van der Waals surface area contributed by atoms with Crippen molar-refractivity contribution < 1.29 is 23.9 Å². The van der Waals surface area contributed by atoms with Crippen LogP contribution in [0, 0.1) is 5.92 Å². The fraction of sp³-hybridized carbons (Fsp3) is 0.643. The highest BCUT2D eigenvalue weighted by atomic mass is 16.7. The second-order valence-corrected chi connectivity index (χ2v) is 6.15. The zero-order valence-corrected chi connectivity index (χ0v) is 11.4. The van der Waals surface area contributed by atoms with Gasteiger partial charge in [0.15, 0.2) is 0 Å². The van der Waals surface area contributed by atoms with Crippen LogP contribution in [0.3, 0.4) is 0 Å². The molecule has 0 aromatic carbocycles. The van der Waals surface area contributed by atoms with E-state index in [2.05, 4.69) is 5.32 Å². The molecule has 1 saturated carbocycles. The van der Waals surface area contributed by atoms with Crippen molar-refractivity contribution in [2.45, 2.75) is 43.8 Å². The molecule has 5 rings (SSSR count). The maximum absolute atomic E-state index is 12.1. The van der Waals surface area contributed by atoms with E-state index in [9.17, 15) is 14.4 Å². The van der Waals surface area contributed by atoms with Crippen LogP contribution in [0.4, 0.5) is 0 Å². The first-order chi connectivity index (χ1) is 10.0. The van der Waals surface area contributed by atoms with Crippen LogP contribution in [0.2, 0.25) is 0 Å². The summed E-state index contributed by atoms with van der Waals surface area (Å²) in [5, 5.41) is 2.74. The van der Waals surface area contributed by atoms with E-state index in [1.165, 1.54) is 0 Å². The van der Waals surface area contributed by atoms with E-state index < -0.39 is 23.6 Å². The van der Waals surface area contributed by atoms with Crippen LogP contribution >= 0.6 is 0 Å². The maximum Gasteiger partial charge on any atom is 0.254 e. The zero-order chi connectivity index (χ0) is 14.6. The van der Waals surface area contributed by atoms with Crippen molar-refractivity contribution in [2.75, 3.05) is 6.54 Å². The fourth-order valence-corrected chi connectivity index (χ4v) is 3.82. The third-order valence-electron chi connectivity index (χ3n) is 4.52. The van der Waals surface area contributed by atoms with Crippen molar-refractivity contribution in [2.24, 2.45) is 5.92 Å². The van der Waals surface area contributed by atoms with Gasteiger partial charge in [-0.05, 0) is 18.8 Å². The van der Waals surface area contributed by atoms with E-state index in [1.54, 1.807) is 0 Å². The number of rotatable bonds is 3. The Morgan fingerprint density at radius 2 is 1.81 bits per heavy atom. The van der Waals surface area contributed by atoms with Crippen LogP contribution in [-0.2, 0) is 23.9 Å². The van der Waals surface area contributed by atoms with Gasteiger partial charge >= 0.3 is 0 Å². The first kappa shape index (κ1) is 13.0. The number of imide groups is 1. The molecule has 3 amide bonds. The van der Waals surface area contributed by atoms with Crippen LogP contribution in [0.25, 0.3) is 0 Å². The highest BCUT2D eigenvalue weighted by Crippen LogP contribution is 2.47. The Morgan fingerprint density at radius 3 is 2.38 bits per heavy atom. The first-order valence-corrected chi connectivity index (χ1v) is 7.23. The molecule has 1 aliphatic carbocycles. The van der Waals surface area contributed by atoms with E-state index in [0.717, 1.165) is 36.3 Å². The molecular formula is C14H16N2O5. The Labute approximate surface area is 121 Å². The number of nitrogens with one attached hydrogen (secondary N) is 1. The van der Waals surface area contributed by atoms with Gasteiger partial charge in [0, 0.05) is 25.0 Å². The van der Waals surface area contributed by atoms with Crippen molar-refractivity contribution in [1.82, 2.24) is 10.2 Å². The van der Waals surface area contributed by atoms with Crippen molar-refractivity contribution in [3.8, 4) is 0 Å². The molecule has 7 nitrogen and oxygen atoms in total. The molecule has 4 bridgehead atoms. The molecule has 5 aliphatic rings. The number of hydrogen-bond donors (Lipinski definition) is 1. The lowest BCUT2D eigenvalue weighted by Gasteiger charge is -2.55. The SMILES string of the molecule is O=C(CN1C(=O)C=CC1=O)N[C@]12C[C@H]3C[C@H](C[C@H](C3)O1)O2. The molecule has 1 N–H and O–H groups in total. The number of carbonyl (C=O) groups is 3. The Bertz CT molecular complexity index is 502. The molecule has 0 spiro atoms. The summed E-state index contributed by atoms with van der Waals surface area (Å²) < 4.78 is 11.7. The minimum atomic E-state index is -1.06. The van der Waals surface area contributed by atoms with Gasteiger partial charge in [-0.1, -0.05) is 0 Å². The molecule has 7 heteroatoms. The number of nitrogens with zero attached hydrogens (tertiary/aromatic N) is 1. The van der Waals surface area contributed by atoms with Crippen LogP contribution < -0.4 is 5.32 Å². The molecule has 21 heavy (non-hydrogen) atoms. The molecule has 0 radical (unpaired) electrons. The summed E-state index contributed by atoms with van der Waals surface area (Å²) in [6.45, 7) is -0.306. The number of ether oxygens (including phenoxy) is 2. The van der Waals surface area contributed by atoms with E-state index >= 15 is 0 Å². The van der Waals surface area contributed by atoms with E-state index in [4.69, 9.17) is 9.47 Å². The summed E-state index contributed by atoms with van der Waals surface area (Å²) in [5.41, 5.74) is 0. The van der Waals surface area contributed by atoms with Crippen molar-refractivity contribution in [3.63, 3.8) is 0 Å². The fourth-order valence-electron chi connectivity index (χ4n) is 3.82. The topological polar surface area (TPSA) is 84.9 Å². The average Bonchev–Trinajstić information content (AvgIpc) is 2.68. The summed E-state index contributed by atoms with van der Waals surface area (Å²) in [7, 11) is 0. The zero-order valence-electron chi connectivity index (χ0n) is 11.4. The lowest BCUT2D eigenvalue weighted by atomic mass is 9.77. The molecule has 112 valence electrons. The van der Waals surface area contributed by atoms with E-state index in [1.807, 2.05) is 0 Å². The third kappa shape index (κ3) is 2.16. The minimum Gasteiger partial charge on any atom is -0.329 e. The molecule has 3 saturated heterocycles. The number of carbonyl (C=O) groups excluding carboxylic acids is 3. The van der Waals surface area contributed by atoms with Gasteiger partial charge in [0.1, 0.15) is 6.54 Å². The lowest BCUT2D eigenvalue weighted by Crippen LogP contribution is -2.67. The van der Waals surface area contributed by atoms with Crippen LogP contribution in [0.5, 0.6) is 0 Å². The Hall–Kier alpha value is -1.73. The monoisotopic (exact) mass is 292 g/mol. The van der Waals surface area contributed by atoms with E-state index in [0.29, 0.717) is 12.3 Å². The Balaban J connectivity index is 1.43.